The molecule has 1 unspecified atom stereocenters. The van der Waals surface area contributed by atoms with Gasteiger partial charge in [0.05, 0.1) is 5.56 Å². The largest absolute Gasteiger partial charge is 0.348 e. The Morgan fingerprint density at radius 2 is 2.29 bits per heavy atom. The van der Waals surface area contributed by atoms with Crippen molar-refractivity contribution in [3.8, 4) is 0 Å². The van der Waals surface area contributed by atoms with E-state index in [-0.39, 0.29) is 11.9 Å². The molecule has 1 rings (SSSR count). The Kier molecular flexibility index (Phi) is 4.86. The van der Waals surface area contributed by atoms with Crippen LogP contribution in [0.25, 0.3) is 0 Å². The van der Waals surface area contributed by atoms with E-state index < -0.39 is 0 Å². The van der Waals surface area contributed by atoms with Crippen LogP contribution in [-0.4, -0.2) is 42.5 Å². The summed E-state index contributed by atoms with van der Waals surface area (Å²) in [5, 5.41) is 2.89. The first kappa shape index (κ1) is 13.4. The first-order chi connectivity index (χ1) is 8.04. The number of carbonyl (C=O) groups is 1. The highest BCUT2D eigenvalue weighted by Gasteiger charge is 2.14. The molecule has 6 heteroatoms. The van der Waals surface area contributed by atoms with Crippen molar-refractivity contribution in [3.63, 3.8) is 0 Å². The maximum absolute atomic E-state index is 12.0. The summed E-state index contributed by atoms with van der Waals surface area (Å²) in [7, 11) is 3.92. The van der Waals surface area contributed by atoms with Crippen LogP contribution in [0, 0.1) is 0 Å². The van der Waals surface area contributed by atoms with Crippen LogP contribution in [0.15, 0.2) is 18.3 Å². The highest BCUT2D eigenvalue weighted by atomic mass is 16.1. The van der Waals surface area contributed by atoms with E-state index in [2.05, 4.69) is 15.7 Å². The summed E-state index contributed by atoms with van der Waals surface area (Å²) in [4.78, 5) is 17.9. The maximum Gasteiger partial charge on any atom is 0.255 e. The van der Waals surface area contributed by atoms with Crippen molar-refractivity contribution in [1.29, 1.82) is 0 Å². The summed E-state index contributed by atoms with van der Waals surface area (Å²) in [6, 6.07) is 3.44. The van der Waals surface area contributed by atoms with Crippen molar-refractivity contribution in [2.75, 3.05) is 26.1 Å². The van der Waals surface area contributed by atoms with Gasteiger partial charge in [0.25, 0.3) is 5.91 Å². The first-order valence-electron chi connectivity index (χ1n) is 5.41. The number of nitrogen functional groups attached to an aromatic ring is 1. The fourth-order valence-corrected chi connectivity index (χ4v) is 1.60. The average molecular weight is 237 g/mol. The summed E-state index contributed by atoms with van der Waals surface area (Å²) in [6.45, 7) is 2.72. The quantitative estimate of drug-likeness (QED) is 0.498. The van der Waals surface area contributed by atoms with Gasteiger partial charge in [0.15, 0.2) is 5.82 Å². The summed E-state index contributed by atoms with van der Waals surface area (Å²) in [6.07, 6.45) is 1.58. The number of aromatic nitrogens is 1. The second-order valence-electron chi connectivity index (χ2n) is 4.18. The number of amides is 1. The van der Waals surface area contributed by atoms with Crippen molar-refractivity contribution in [1.82, 2.24) is 15.2 Å². The van der Waals surface area contributed by atoms with Gasteiger partial charge in [-0.05, 0) is 33.2 Å². The van der Waals surface area contributed by atoms with Gasteiger partial charge < -0.3 is 15.6 Å². The number of hydrogen-bond acceptors (Lipinski definition) is 5. The Balaban J connectivity index is 2.69. The molecule has 1 heterocycles. The van der Waals surface area contributed by atoms with Gasteiger partial charge in [-0.2, -0.15) is 0 Å². The molecule has 0 aromatic carbocycles. The van der Waals surface area contributed by atoms with Crippen LogP contribution in [0.4, 0.5) is 5.82 Å². The molecule has 1 amide bonds. The van der Waals surface area contributed by atoms with Gasteiger partial charge in [0, 0.05) is 18.8 Å². The Morgan fingerprint density at radius 3 is 2.88 bits per heavy atom. The van der Waals surface area contributed by atoms with E-state index in [0.717, 1.165) is 6.54 Å². The number of pyridine rings is 1. The number of hydrazine groups is 1. The molecule has 0 radical (unpaired) electrons. The van der Waals surface area contributed by atoms with Gasteiger partial charge in [0.2, 0.25) is 0 Å². The van der Waals surface area contributed by atoms with Crippen molar-refractivity contribution < 1.29 is 4.79 Å². The van der Waals surface area contributed by atoms with Gasteiger partial charge in [-0.1, -0.05) is 0 Å². The average Bonchev–Trinajstić information content (AvgIpc) is 2.27. The zero-order valence-electron chi connectivity index (χ0n) is 10.4. The molecule has 17 heavy (non-hydrogen) atoms. The van der Waals surface area contributed by atoms with E-state index in [1.807, 2.05) is 25.9 Å². The lowest BCUT2D eigenvalue weighted by Gasteiger charge is -2.18. The van der Waals surface area contributed by atoms with E-state index in [4.69, 9.17) is 5.84 Å². The highest BCUT2D eigenvalue weighted by molar-refractivity contribution is 5.98. The molecule has 0 aliphatic carbocycles. The third kappa shape index (κ3) is 4.01. The van der Waals surface area contributed by atoms with E-state index >= 15 is 0 Å². The minimum atomic E-state index is -0.180. The lowest BCUT2D eigenvalue weighted by molar-refractivity contribution is 0.0935. The second-order valence-corrected chi connectivity index (χ2v) is 4.18. The lowest BCUT2D eigenvalue weighted by Crippen LogP contribution is -2.39. The first-order valence-corrected chi connectivity index (χ1v) is 5.41. The van der Waals surface area contributed by atoms with Crippen LogP contribution >= 0.6 is 0 Å². The van der Waals surface area contributed by atoms with Crippen LogP contribution in [-0.2, 0) is 0 Å². The second kappa shape index (κ2) is 6.17. The number of anilines is 1. The van der Waals surface area contributed by atoms with E-state index in [0.29, 0.717) is 11.4 Å². The SMILES string of the molecule is CC(CN(C)C)NC(=O)c1cccnc1NN. The van der Waals surface area contributed by atoms with Crippen LogP contribution < -0.4 is 16.6 Å². The maximum atomic E-state index is 12.0. The molecule has 1 aromatic rings. The van der Waals surface area contributed by atoms with Gasteiger partial charge in [-0.15, -0.1) is 0 Å². The molecule has 0 fully saturated rings. The summed E-state index contributed by atoms with van der Waals surface area (Å²) in [5.41, 5.74) is 2.85. The predicted molar refractivity (Wildman–Crippen MR) is 67.5 cm³/mol. The van der Waals surface area contributed by atoms with Crippen LogP contribution in [0.5, 0.6) is 0 Å². The zero-order valence-corrected chi connectivity index (χ0v) is 10.4. The predicted octanol–water partition coefficient (Wildman–Crippen LogP) is 0.0471. The number of likely N-dealkylation sites (N-methyl/N-ethyl adjacent to an activating group) is 1. The van der Waals surface area contributed by atoms with Crippen molar-refractivity contribution in [2.45, 2.75) is 13.0 Å². The van der Waals surface area contributed by atoms with Crippen molar-refractivity contribution in [2.24, 2.45) is 5.84 Å². The fourth-order valence-electron chi connectivity index (χ4n) is 1.60. The van der Waals surface area contributed by atoms with Gasteiger partial charge in [0.1, 0.15) is 0 Å². The highest BCUT2D eigenvalue weighted by Crippen LogP contribution is 2.09. The van der Waals surface area contributed by atoms with E-state index in [1.165, 1.54) is 0 Å². The third-order valence-electron chi connectivity index (χ3n) is 2.21. The molecular formula is C11H19N5O. The van der Waals surface area contributed by atoms with Gasteiger partial charge in [-0.25, -0.2) is 10.8 Å². The summed E-state index contributed by atoms with van der Waals surface area (Å²) >= 11 is 0. The zero-order chi connectivity index (χ0) is 12.8. The van der Waals surface area contributed by atoms with Crippen LogP contribution in [0.1, 0.15) is 17.3 Å². The third-order valence-corrected chi connectivity index (χ3v) is 2.21. The Hall–Kier alpha value is -1.66. The van der Waals surface area contributed by atoms with E-state index in [9.17, 15) is 4.79 Å². The topological polar surface area (TPSA) is 83.3 Å². The number of hydrogen-bond donors (Lipinski definition) is 3. The molecule has 0 spiro atoms. The molecular weight excluding hydrogens is 218 g/mol. The molecule has 0 saturated heterocycles. The lowest BCUT2D eigenvalue weighted by atomic mass is 10.2. The molecule has 6 nitrogen and oxygen atoms in total. The molecule has 1 atom stereocenters. The Morgan fingerprint density at radius 1 is 1.59 bits per heavy atom. The smallest absolute Gasteiger partial charge is 0.255 e. The van der Waals surface area contributed by atoms with Crippen LogP contribution in [0.2, 0.25) is 0 Å². The monoisotopic (exact) mass is 237 g/mol. The molecule has 0 aliphatic heterocycles. The molecule has 0 saturated carbocycles. The molecule has 4 N–H and O–H groups in total. The fraction of sp³-hybridized carbons (Fsp3) is 0.455. The molecule has 94 valence electrons. The summed E-state index contributed by atoms with van der Waals surface area (Å²) in [5.74, 6) is 5.50. The van der Waals surface area contributed by atoms with Gasteiger partial charge in [-0.3, -0.25) is 4.79 Å². The van der Waals surface area contributed by atoms with E-state index in [1.54, 1.807) is 18.3 Å². The minimum absolute atomic E-state index is 0.0586. The Bertz CT molecular complexity index is 380. The molecule has 0 bridgehead atoms. The van der Waals surface area contributed by atoms with Gasteiger partial charge >= 0.3 is 0 Å². The molecule has 0 aliphatic rings. The number of nitrogens with zero attached hydrogens (tertiary/aromatic N) is 2. The number of carbonyl (C=O) groups excluding carboxylic acids is 1. The molecule has 1 aromatic heterocycles. The minimum Gasteiger partial charge on any atom is -0.348 e. The van der Waals surface area contributed by atoms with Crippen molar-refractivity contribution >= 4 is 11.7 Å². The Labute approximate surface area is 101 Å². The number of nitrogens with one attached hydrogen (secondary N) is 2. The normalized spacial score (nSPS) is 12.3. The summed E-state index contributed by atoms with van der Waals surface area (Å²) < 4.78 is 0. The number of rotatable bonds is 5. The van der Waals surface area contributed by atoms with Crippen LogP contribution in [0.3, 0.4) is 0 Å². The number of nitrogens with two attached hydrogens (primary N) is 1. The standard InChI is InChI=1S/C11H19N5O/c1-8(7-16(2)3)14-11(17)9-5-4-6-13-10(9)15-12/h4-6,8H,7,12H2,1-3H3,(H,13,15)(H,14,17). The van der Waals surface area contributed by atoms with Crippen molar-refractivity contribution in [3.05, 3.63) is 23.9 Å².